The number of hydrogen-bond donors (Lipinski definition) is 2. The van der Waals surface area contributed by atoms with E-state index in [1.807, 2.05) is 30.1 Å². The number of rotatable bonds is 7. The van der Waals surface area contributed by atoms with Crippen LogP contribution >= 0.6 is 0 Å². The molecule has 1 fully saturated rings. The number of aryl methyl sites for hydroxylation is 1. The number of amides is 2. The molecule has 0 aromatic carbocycles. The van der Waals surface area contributed by atoms with Crippen LogP contribution in [0, 0.1) is 22.7 Å². The molecule has 0 aliphatic carbocycles. The van der Waals surface area contributed by atoms with E-state index < -0.39 is 11.3 Å². The Morgan fingerprint density at radius 2 is 1.97 bits per heavy atom. The third-order valence-corrected chi connectivity index (χ3v) is 6.59. The van der Waals surface area contributed by atoms with Crippen molar-refractivity contribution in [2.45, 2.75) is 46.7 Å². The van der Waals surface area contributed by atoms with E-state index in [-0.39, 0.29) is 17.9 Å². The predicted molar refractivity (Wildman–Crippen MR) is 128 cm³/mol. The van der Waals surface area contributed by atoms with Crippen molar-refractivity contribution in [2.75, 3.05) is 18.4 Å². The highest BCUT2D eigenvalue weighted by molar-refractivity contribution is 6.02. The highest BCUT2D eigenvalue weighted by Crippen LogP contribution is 2.32. The SMILES string of the molecule is CC[C@H]1CN(C(=O)C(C)(C)C#N)C[C@H]1Nc1c(C(N)=O)cnn2cc(-c3cnn(CC)c3)cc12. The topological polar surface area (TPSA) is 134 Å². The zero-order valence-corrected chi connectivity index (χ0v) is 19.9. The lowest BCUT2D eigenvalue weighted by atomic mass is 9.94. The molecule has 178 valence electrons. The largest absolute Gasteiger partial charge is 0.378 e. The van der Waals surface area contributed by atoms with Gasteiger partial charge in [-0.2, -0.15) is 15.5 Å². The first kappa shape index (κ1) is 23.3. The highest BCUT2D eigenvalue weighted by Gasteiger charge is 2.40. The zero-order chi connectivity index (χ0) is 24.6. The van der Waals surface area contributed by atoms with Crippen LogP contribution < -0.4 is 11.1 Å². The van der Waals surface area contributed by atoms with E-state index in [0.29, 0.717) is 29.9 Å². The van der Waals surface area contributed by atoms with E-state index in [1.54, 1.807) is 29.5 Å². The van der Waals surface area contributed by atoms with E-state index in [2.05, 4.69) is 28.5 Å². The Balaban J connectivity index is 1.71. The Bertz CT molecular complexity index is 1280. The Labute approximate surface area is 198 Å². The molecule has 3 aromatic rings. The van der Waals surface area contributed by atoms with Crippen LogP contribution in [-0.4, -0.2) is 55.2 Å². The summed E-state index contributed by atoms with van der Waals surface area (Å²) in [6, 6.07) is 3.95. The molecule has 4 heterocycles. The Morgan fingerprint density at radius 1 is 1.21 bits per heavy atom. The van der Waals surface area contributed by atoms with Crippen LogP contribution in [0.3, 0.4) is 0 Å². The summed E-state index contributed by atoms with van der Waals surface area (Å²) in [6.45, 7) is 9.12. The second kappa shape index (κ2) is 8.82. The third-order valence-electron chi connectivity index (χ3n) is 6.59. The van der Waals surface area contributed by atoms with Crippen LogP contribution in [0.4, 0.5) is 5.69 Å². The van der Waals surface area contributed by atoms with Gasteiger partial charge in [0.2, 0.25) is 5.91 Å². The third kappa shape index (κ3) is 4.09. The fraction of sp³-hybridized carbons (Fsp3) is 0.458. The predicted octanol–water partition coefficient (Wildman–Crippen LogP) is 2.52. The molecule has 10 nitrogen and oxygen atoms in total. The molecule has 1 aliphatic rings. The maximum atomic E-state index is 12.9. The maximum Gasteiger partial charge on any atom is 0.252 e. The molecule has 1 aliphatic heterocycles. The molecule has 2 atom stereocenters. The summed E-state index contributed by atoms with van der Waals surface area (Å²) < 4.78 is 3.56. The Hall–Kier alpha value is -3.87. The minimum atomic E-state index is -1.09. The van der Waals surface area contributed by atoms with Crippen LogP contribution in [0.1, 0.15) is 44.5 Å². The average molecular weight is 463 g/mol. The summed E-state index contributed by atoms with van der Waals surface area (Å²) in [5, 5.41) is 21.6. The number of nitrogens with two attached hydrogens (primary N) is 1. The number of hydrogen-bond acceptors (Lipinski definition) is 6. The molecule has 3 N–H and O–H groups in total. The van der Waals surface area contributed by atoms with Gasteiger partial charge in [-0.1, -0.05) is 6.92 Å². The number of aromatic nitrogens is 4. The van der Waals surface area contributed by atoms with Crippen LogP contribution in [0.25, 0.3) is 16.6 Å². The number of nitriles is 1. The Morgan fingerprint density at radius 3 is 2.59 bits per heavy atom. The van der Waals surface area contributed by atoms with Gasteiger partial charge in [-0.3, -0.25) is 14.3 Å². The molecule has 10 heteroatoms. The minimum Gasteiger partial charge on any atom is -0.378 e. The van der Waals surface area contributed by atoms with Crippen molar-refractivity contribution in [1.29, 1.82) is 5.26 Å². The quantitative estimate of drug-likeness (QED) is 0.554. The van der Waals surface area contributed by atoms with Crippen LogP contribution in [0.15, 0.2) is 30.9 Å². The molecule has 4 rings (SSSR count). The Kier molecular flexibility index (Phi) is 6.04. The van der Waals surface area contributed by atoms with Gasteiger partial charge in [-0.15, -0.1) is 0 Å². The van der Waals surface area contributed by atoms with E-state index in [0.717, 1.165) is 24.1 Å². The standard InChI is InChI=1S/C24H30N8O2/c1-5-15-10-30(23(34)24(3,4)14-25)13-19(15)29-21-18(22(26)33)9-28-32-12-16(7-20(21)32)17-8-27-31(6-2)11-17/h7-9,11-12,15,19,29H,5-6,10,13H2,1-4H3,(H2,26,33)/t15-,19+/m0/s1. The fourth-order valence-electron chi connectivity index (χ4n) is 4.48. The van der Waals surface area contributed by atoms with Gasteiger partial charge in [-0.05, 0) is 39.2 Å². The normalized spacial score (nSPS) is 18.3. The lowest BCUT2D eigenvalue weighted by Gasteiger charge is -2.24. The summed E-state index contributed by atoms with van der Waals surface area (Å²) in [6.07, 6.45) is 7.95. The summed E-state index contributed by atoms with van der Waals surface area (Å²) in [7, 11) is 0. The molecule has 3 aromatic heterocycles. The van der Waals surface area contributed by atoms with E-state index in [1.165, 1.54) is 6.20 Å². The summed E-state index contributed by atoms with van der Waals surface area (Å²) in [4.78, 5) is 26.9. The molecule has 0 saturated carbocycles. The van der Waals surface area contributed by atoms with Crippen molar-refractivity contribution in [3.8, 4) is 17.2 Å². The molecule has 0 bridgehead atoms. The first-order valence-electron chi connectivity index (χ1n) is 11.5. The number of nitrogens with one attached hydrogen (secondary N) is 1. The number of likely N-dealkylation sites (tertiary alicyclic amines) is 1. The monoisotopic (exact) mass is 462 g/mol. The van der Waals surface area contributed by atoms with Gasteiger partial charge in [-0.25, -0.2) is 4.52 Å². The zero-order valence-electron chi connectivity index (χ0n) is 19.9. The average Bonchev–Trinajstić information content (AvgIpc) is 3.55. The lowest BCUT2D eigenvalue weighted by Crippen LogP contribution is -2.40. The van der Waals surface area contributed by atoms with Crippen molar-refractivity contribution < 1.29 is 9.59 Å². The van der Waals surface area contributed by atoms with Crippen molar-refractivity contribution in [2.24, 2.45) is 17.1 Å². The number of primary amides is 1. The van der Waals surface area contributed by atoms with Crippen LogP contribution in [0.5, 0.6) is 0 Å². The van der Waals surface area contributed by atoms with Gasteiger partial charge >= 0.3 is 0 Å². The first-order chi connectivity index (χ1) is 16.2. The van der Waals surface area contributed by atoms with Crippen LogP contribution in [-0.2, 0) is 11.3 Å². The van der Waals surface area contributed by atoms with Gasteiger partial charge in [0.05, 0.1) is 35.2 Å². The molecule has 0 unspecified atom stereocenters. The summed E-state index contributed by atoms with van der Waals surface area (Å²) in [5.41, 5.74) is 8.07. The smallest absolute Gasteiger partial charge is 0.252 e. The highest BCUT2D eigenvalue weighted by atomic mass is 16.2. The van der Waals surface area contributed by atoms with Crippen molar-refractivity contribution in [3.05, 3.63) is 36.4 Å². The summed E-state index contributed by atoms with van der Waals surface area (Å²) >= 11 is 0. The van der Waals surface area contributed by atoms with E-state index in [4.69, 9.17) is 5.73 Å². The van der Waals surface area contributed by atoms with Gasteiger partial charge in [0.25, 0.3) is 5.91 Å². The van der Waals surface area contributed by atoms with E-state index >= 15 is 0 Å². The van der Waals surface area contributed by atoms with E-state index in [9.17, 15) is 14.9 Å². The second-order valence-electron chi connectivity index (χ2n) is 9.31. The van der Waals surface area contributed by atoms with Crippen molar-refractivity contribution >= 4 is 23.0 Å². The van der Waals surface area contributed by atoms with Crippen molar-refractivity contribution in [1.82, 2.24) is 24.3 Å². The molecule has 0 spiro atoms. The van der Waals surface area contributed by atoms with Gasteiger partial charge < -0.3 is 16.0 Å². The number of carbonyl (C=O) groups is 2. The number of carbonyl (C=O) groups excluding carboxylic acids is 2. The first-order valence-corrected chi connectivity index (χ1v) is 11.5. The van der Waals surface area contributed by atoms with Gasteiger partial charge in [0, 0.05) is 49.2 Å². The number of anilines is 1. The number of fused-ring (bicyclic) bond motifs is 1. The molecular weight excluding hydrogens is 432 g/mol. The summed E-state index contributed by atoms with van der Waals surface area (Å²) in [5.74, 6) is -0.612. The van der Waals surface area contributed by atoms with Gasteiger partial charge in [0.1, 0.15) is 5.41 Å². The maximum absolute atomic E-state index is 12.9. The molecule has 2 amide bonds. The molecule has 0 radical (unpaired) electrons. The minimum absolute atomic E-state index is 0.103. The lowest BCUT2D eigenvalue weighted by molar-refractivity contribution is -0.136. The molecular formula is C24H30N8O2. The fourth-order valence-corrected chi connectivity index (χ4v) is 4.48. The molecule has 34 heavy (non-hydrogen) atoms. The number of nitrogens with zero attached hydrogens (tertiary/aromatic N) is 6. The second-order valence-corrected chi connectivity index (χ2v) is 9.31. The van der Waals surface area contributed by atoms with Crippen molar-refractivity contribution in [3.63, 3.8) is 0 Å². The van der Waals surface area contributed by atoms with Gasteiger partial charge in [0.15, 0.2) is 0 Å². The molecule has 1 saturated heterocycles. The van der Waals surface area contributed by atoms with Crippen LogP contribution in [0.2, 0.25) is 0 Å².